The average molecular weight is 209 g/mol. The van der Waals surface area contributed by atoms with Crippen molar-refractivity contribution in [1.82, 2.24) is 25.6 Å². The minimum Gasteiger partial charge on any atom is -0.304 e. The summed E-state index contributed by atoms with van der Waals surface area (Å²) in [7, 11) is 0. The highest BCUT2D eigenvalue weighted by molar-refractivity contribution is 6.05. The number of carbonyl (C=O) groups is 2. The molecule has 2 heterocycles. The van der Waals surface area contributed by atoms with E-state index in [2.05, 4.69) is 20.9 Å². The Balaban J connectivity index is 1.74. The number of aromatic nitrogens is 3. The Kier molecular flexibility index (Phi) is 2.72. The molecule has 0 aliphatic carbocycles. The quantitative estimate of drug-likeness (QED) is 0.576. The van der Waals surface area contributed by atoms with Crippen molar-refractivity contribution in [3.63, 3.8) is 0 Å². The highest BCUT2D eigenvalue weighted by Crippen LogP contribution is 2.00. The Labute approximate surface area is 85.8 Å². The molecule has 1 fully saturated rings. The van der Waals surface area contributed by atoms with Crippen LogP contribution in [0.2, 0.25) is 0 Å². The van der Waals surface area contributed by atoms with Crippen molar-refractivity contribution in [3.8, 4) is 0 Å². The standard InChI is InChI=1S/C8H11N5O2/c14-7-5-6(8(15)11-7)9-1-3-13-4-2-10-12-13/h2,4,6,9H,1,3,5H2,(H,11,14,15)/t6-/m1/s1. The van der Waals surface area contributed by atoms with Gasteiger partial charge in [-0.2, -0.15) is 0 Å². The summed E-state index contributed by atoms with van der Waals surface area (Å²) in [5.41, 5.74) is 0. The molecule has 7 heteroatoms. The van der Waals surface area contributed by atoms with Gasteiger partial charge >= 0.3 is 0 Å². The van der Waals surface area contributed by atoms with Crippen molar-refractivity contribution in [2.75, 3.05) is 6.54 Å². The van der Waals surface area contributed by atoms with Crippen LogP contribution in [-0.4, -0.2) is 39.4 Å². The fourth-order valence-electron chi connectivity index (χ4n) is 1.42. The molecule has 2 N–H and O–H groups in total. The van der Waals surface area contributed by atoms with E-state index in [9.17, 15) is 9.59 Å². The van der Waals surface area contributed by atoms with Gasteiger partial charge in [0.25, 0.3) is 0 Å². The second-order valence-corrected chi connectivity index (χ2v) is 3.29. The van der Waals surface area contributed by atoms with Gasteiger partial charge in [-0.05, 0) is 0 Å². The van der Waals surface area contributed by atoms with E-state index < -0.39 is 6.04 Å². The van der Waals surface area contributed by atoms with Gasteiger partial charge in [0.2, 0.25) is 11.8 Å². The first-order chi connectivity index (χ1) is 7.25. The maximum absolute atomic E-state index is 11.1. The summed E-state index contributed by atoms with van der Waals surface area (Å²) in [6, 6.07) is -0.402. The van der Waals surface area contributed by atoms with Crippen molar-refractivity contribution in [2.45, 2.75) is 19.0 Å². The molecule has 1 aromatic heterocycles. The normalized spacial score (nSPS) is 20.7. The second-order valence-electron chi connectivity index (χ2n) is 3.29. The predicted molar refractivity (Wildman–Crippen MR) is 49.6 cm³/mol. The number of imide groups is 1. The zero-order valence-electron chi connectivity index (χ0n) is 8.01. The summed E-state index contributed by atoms with van der Waals surface area (Å²) in [4.78, 5) is 22.0. The molecule has 80 valence electrons. The van der Waals surface area contributed by atoms with Crippen molar-refractivity contribution in [1.29, 1.82) is 0 Å². The molecular formula is C8H11N5O2. The first-order valence-electron chi connectivity index (χ1n) is 4.67. The van der Waals surface area contributed by atoms with Crippen molar-refractivity contribution < 1.29 is 9.59 Å². The van der Waals surface area contributed by atoms with Crippen LogP contribution >= 0.6 is 0 Å². The minimum absolute atomic E-state index is 0.218. The van der Waals surface area contributed by atoms with Gasteiger partial charge in [0.1, 0.15) is 0 Å². The molecule has 1 aliphatic rings. The lowest BCUT2D eigenvalue weighted by Crippen LogP contribution is -2.37. The van der Waals surface area contributed by atoms with E-state index in [-0.39, 0.29) is 18.2 Å². The SMILES string of the molecule is O=C1C[C@@H](NCCn2ccnn2)C(=O)N1. The van der Waals surface area contributed by atoms with Crippen LogP contribution in [0, 0.1) is 0 Å². The first kappa shape index (κ1) is 9.78. The Morgan fingerprint density at radius 2 is 2.47 bits per heavy atom. The monoisotopic (exact) mass is 209 g/mol. The predicted octanol–water partition coefficient (Wildman–Crippen LogP) is -1.72. The van der Waals surface area contributed by atoms with Gasteiger partial charge < -0.3 is 5.32 Å². The first-order valence-corrected chi connectivity index (χ1v) is 4.67. The van der Waals surface area contributed by atoms with E-state index in [1.54, 1.807) is 17.1 Å². The number of hydrogen-bond donors (Lipinski definition) is 2. The molecule has 1 atom stereocenters. The smallest absolute Gasteiger partial charge is 0.244 e. The summed E-state index contributed by atoms with van der Waals surface area (Å²) < 4.78 is 1.65. The van der Waals surface area contributed by atoms with Crippen molar-refractivity contribution >= 4 is 11.8 Å². The molecule has 0 saturated carbocycles. The molecule has 0 radical (unpaired) electrons. The summed E-state index contributed by atoms with van der Waals surface area (Å²) >= 11 is 0. The zero-order valence-corrected chi connectivity index (χ0v) is 8.01. The van der Waals surface area contributed by atoms with E-state index in [0.717, 1.165) is 0 Å². The summed E-state index contributed by atoms with van der Waals surface area (Å²) in [5.74, 6) is -0.475. The lowest BCUT2D eigenvalue weighted by Gasteiger charge is -2.07. The van der Waals surface area contributed by atoms with Gasteiger partial charge in [-0.3, -0.25) is 19.6 Å². The maximum atomic E-state index is 11.1. The number of amides is 2. The maximum Gasteiger partial charge on any atom is 0.244 e. The van der Waals surface area contributed by atoms with E-state index in [1.165, 1.54) is 0 Å². The number of rotatable bonds is 4. The zero-order chi connectivity index (χ0) is 10.7. The van der Waals surface area contributed by atoms with Crippen LogP contribution in [0.15, 0.2) is 12.4 Å². The molecule has 0 aromatic carbocycles. The molecule has 1 aromatic rings. The van der Waals surface area contributed by atoms with Gasteiger partial charge in [0, 0.05) is 12.7 Å². The molecule has 1 aliphatic heterocycles. The highest BCUT2D eigenvalue weighted by atomic mass is 16.2. The Bertz CT molecular complexity index is 361. The molecule has 15 heavy (non-hydrogen) atoms. The van der Waals surface area contributed by atoms with E-state index in [4.69, 9.17) is 0 Å². The van der Waals surface area contributed by atoms with Gasteiger partial charge in [-0.25, -0.2) is 0 Å². The third-order valence-electron chi connectivity index (χ3n) is 2.17. The lowest BCUT2D eigenvalue weighted by molar-refractivity contribution is -0.125. The lowest BCUT2D eigenvalue weighted by atomic mass is 10.2. The topological polar surface area (TPSA) is 88.9 Å². The Hall–Kier alpha value is -1.76. The average Bonchev–Trinajstić information content (AvgIpc) is 2.77. The van der Waals surface area contributed by atoms with E-state index in [1.807, 2.05) is 0 Å². The third-order valence-corrected chi connectivity index (χ3v) is 2.17. The number of carbonyl (C=O) groups excluding carboxylic acids is 2. The highest BCUT2D eigenvalue weighted by Gasteiger charge is 2.29. The van der Waals surface area contributed by atoms with E-state index >= 15 is 0 Å². The van der Waals surface area contributed by atoms with Crippen molar-refractivity contribution in [3.05, 3.63) is 12.4 Å². The van der Waals surface area contributed by atoms with Crippen LogP contribution in [0.1, 0.15) is 6.42 Å². The van der Waals surface area contributed by atoms with Crippen LogP contribution in [0.25, 0.3) is 0 Å². The summed E-state index contributed by atoms with van der Waals surface area (Å²) in [6.07, 6.45) is 3.55. The number of hydrogen-bond acceptors (Lipinski definition) is 5. The van der Waals surface area contributed by atoms with E-state index in [0.29, 0.717) is 13.1 Å². The molecule has 2 rings (SSSR count). The fourth-order valence-corrected chi connectivity index (χ4v) is 1.42. The molecule has 0 spiro atoms. The minimum atomic E-state index is -0.402. The summed E-state index contributed by atoms with van der Waals surface area (Å²) in [6.45, 7) is 1.20. The molecule has 0 unspecified atom stereocenters. The van der Waals surface area contributed by atoms with Crippen LogP contribution < -0.4 is 10.6 Å². The van der Waals surface area contributed by atoms with Crippen LogP contribution in [0.5, 0.6) is 0 Å². The largest absolute Gasteiger partial charge is 0.304 e. The van der Waals surface area contributed by atoms with Crippen LogP contribution in [0.4, 0.5) is 0 Å². The van der Waals surface area contributed by atoms with Gasteiger partial charge in [0.15, 0.2) is 0 Å². The third kappa shape index (κ3) is 2.38. The second kappa shape index (κ2) is 4.18. The van der Waals surface area contributed by atoms with Crippen LogP contribution in [0.3, 0.4) is 0 Å². The molecule has 1 saturated heterocycles. The van der Waals surface area contributed by atoms with Crippen LogP contribution in [-0.2, 0) is 16.1 Å². The molecular weight excluding hydrogens is 198 g/mol. The van der Waals surface area contributed by atoms with Gasteiger partial charge in [-0.1, -0.05) is 5.21 Å². The molecule has 0 bridgehead atoms. The molecule has 2 amide bonds. The van der Waals surface area contributed by atoms with Gasteiger partial charge in [0.05, 0.1) is 25.2 Å². The fraction of sp³-hybridized carbons (Fsp3) is 0.500. The number of nitrogens with zero attached hydrogens (tertiary/aromatic N) is 3. The molecule has 7 nitrogen and oxygen atoms in total. The van der Waals surface area contributed by atoms with Crippen molar-refractivity contribution in [2.24, 2.45) is 0 Å². The van der Waals surface area contributed by atoms with Gasteiger partial charge in [-0.15, -0.1) is 5.10 Å². The Morgan fingerprint density at radius 3 is 3.07 bits per heavy atom. The number of nitrogens with one attached hydrogen (secondary N) is 2. The Morgan fingerprint density at radius 1 is 1.60 bits per heavy atom. The summed E-state index contributed by atoms with van der Waals surface area (Å²) in [5, 5.41) is 12.6.